The lowest BCUT2D eigenvalue weighted by atomic mass is 9.98. The van der Waals surface area contributed by atoms with E-state index in [1.807, 2.05) is 0 Å². The fourth-order valence-corrected chi connectivity index (χ4v) is 3.43. The van der Waals surface area contributed by atoms with Crippen molar-refractivity contribution in [2.75, 3.05) is 13.1 Å². The van der Waals surface area contributed by atoms with Crippen molar-refractivity contribution in [3.63, 3.8) is 0 Å². The summed E-state index contributed by atoms with van der Waals surface area (Å²) < 4.78 is 0. The minimum atomic E-state index is -1.25. The molecule has 36 heavy (non-hydrogen) atoms. The highest BCUT2D eigenvalue weighted by atomic mass is 16.4. The van der Waals surface area contributed by atoms with Crippen LogP contribution >= 0.6 is 0 Å². The molecule has 13 nitrogen and oxygen atoms in total. The van der Waals surface area contributed by atoms with E-state index in [4.69, 9.17) is 22.3 Å². The molecular formula is C23H44N6O7. The summed E-state index contributed by atoms with van der Waals surface area (Å²) in [6.07, 6.45) is 2.75. The van der Waals surface area contributed by atoms with Crippen LogP contribution in [0, 0.1) is 5.92 Å². The van der Waals surface area contributed by atoms with Crippen molar-refractivity contribution >= 4 is 29.7 Å². The molecule has 0 aromatic carbocycles. The predicted molar refractivity (Wildman–Crippen MR) is 134 cm³/mol. The number of carbonyl (C=O) groups excluding carboxylic acids is 3. The summed E-state index contributed by atoms with van der Waals surface area (Å²) in [6.45, 7) is 4.30. The molecule has 0 saturated heterocycles. The van der Waals surface area contributed by atoms with E-state index in [1.165, 1.54) is 0 Å². The molecule has 0 rings (SSSR count). The molecule has 0 heterocycles. The molecule has 0 spiro atoms. The maximum absolute atomic E-state index is 13.0. The lowest BCUT2D eigenvalue weighted by molar-refractivity contribution is -0.144. The second-order valence-corrected chi connectivity index (χ2v) is 8.94. The molecule has 0 aliphatic heterocycles. The van der Waals surface area contributed by atoms with Crippen LogP contribution in [0.2, 0.25) is 0 Å². The highest BCUT2D eigenvalue weighted by Crippen LogP contribution is 2.10. The molecule has 0 bridgehead atoms. The number of carbonyl (C=O) groups is 5. The Morgan fingerprint density at radius 1 is 0.750 bits per heavy atom. The Labute approximate surface area is 212 Å². The van der Waals surface area contributed by atoms with Crippen LogP contribution in [0.5, 0.6) is 0 Å². The summed E-state index contributed by atoms with van der Waals surface area (Å²) in [6, 6.07) is -4.40. The molecule has 0 saturated carbocycles. The first kappa shape index (κ1) is 33.2. The third-order valence-corrected chi connectivity index (χ3v) is 5.94. The summed E-state index contributed by atoms with van der Waals surface area (Å²) in [5.41, 5.74) is 16.9. The van der Waals surface area contributed by atoms with Crippen molar-refractivity contribution in [2.45, 2.75) is 95.8 Å². The van der Waals surface area contributed by atoms with Crippen LogP contribution in [0.3, 0.4) is 0 Å². The first-order chi connectivity index (χ1) is 17.0. The average Bonchev–Trinajstić information content (AvgIpc) is 2.83. The molecule has 3 amide bonds. The zero-order valence-corrected chi connectivity index (χ0v) is 21.3. The van der Waals surface area contributed by atoms with E-state index in [-0.39, 0.29) is 18.8 Å². The molecule has 0 radical (unpaired) electrons. The summed E-state index contributed by atoms with van der Waals surface area (Å²) in [4.78, 5) is 61.2. The summed E-state index contributed by atoms with van der Waals surface area (Å²) >= 11 is 0. The normalized spacial score (nSPS) is 15.1. The number of carboxylic acid groups (broad SMARTS) is 2. The standard InChI is InChI=1S/C23H44N6O7/c1-3-14(2)19(23(35)36)29-22(34)16(9-5-7-13-25)28-21(33)17(10-11-18(30)31)27-20(32)15(26)8-4-6-12-24/h14-17,19H,3-13,24-26H2,1-2H3,(H,27,32)(H,28,33)(H,29,34)(H,30,31)(H,35,36). The van der Waals surface area contributed by atoms with Crippen molar-refractivity contribution in [3.05, 3.63) is 0 Å². The fraction of sp³-hybridized carbons (Fsp3) is 0.783. The van der Waals surface area contributed by atoms with Gasteiger partial charge in [0.25, 0.3) is 0 Å². The Kier molecular flexibility index (Phi) is 17.1. The first-order valence-corrected chi connectivity index (χ1v) is 12.5. The van der Waals surface area contributed by atoms with E-state index in [1.54, 1.807) is 13.8 Å². The van der Waals surface area contributed by atoms with Crippen molar-refractivity contribution in [1.82, 2.24) is 16.0 Å². The number of nitrogens with one attached hydrogen (secondary N) is 3. The van der Waals surface area contributed by atoms with Gasteiger partial charge in [-0.1, -0.05) is 26.7 Å². The van der Waals surface area contributed by atoms with E-state index < -0.39 is 60.2 Å². The monoisotopic (exact) mass is 516 g/mol. The number of amides is 3. The minimum absolute atomic E-state index is 0.180. The number of hydrogen-bond donors (Lipinski definition) is 8. The molecule has 13 heteroatoms. The van der Waals surface area contributed by atoms with Gasteiger partial charge in [0.15, 0.2) is 0 Å². The van der Waals surface area contributed by atoms with Gasteiger partial charge in [0, 0.05) is 6.42 Å². The molecule has 0 fully saturated rings. The Balaban J connectivity index is 5.56. The van der Waals surface area contributed by atoms with Gasteiger partial charge < -0.3 is 43.4 Å². The molecule has 11 N–H and O–H groups in total. The number of hydrogen-bond acceptors (Lipinski definition) is 8. The van der Waals surface area contributed by atoms with Gasteiger partial charge in [-0.2, -0.15) is 0 Å². The lowest BCUT2D eigenvalue weighted by Gasteiger charge is -2.26. The molecular weight excluding hydrogens is 472 g/mol. The Morgan fingerprint density at radius 2 is 1.25 bits per heavy atom. The van der Waals surface area contributed by atoms with Gasteiger partial charge >= 0.3 is 11.9 Å². The average molecular weight is 517 g/mol. The Bertz CT molecular complexity index is 721. The van der Waals surface area contributed by atoms with E-state index in [9.17, 15) is 29.1 Å². The highest BCUT2D eigenvalue weighted by molar-refractivity contribution is 5.94. The van der Waals surface area contributed by atoms with E-state index in [0.717, 1.165) is 0 Å². The Morgan fingerprint density at radius 3 is 1.75 bits per heavy atom. The van der Waals surface area contributed by atoms with Gasteiger partial charge in [-0.05, 0) is 57.5 Å². The molecule has 208 valence electrons. The zero-order chi connectivity index (χ0) is 27.7. The summed E-state index contributed by atoms with van der Waals surface area (Å²) in [5.74, 6) is -4.78. The SMILES string of the molecule is CCC(C)C(NC(=O)C(CCCCN)NC(=O)C(CCC(=O)O)NC(=O)C(N)CCCCN)C(=O)O. The van der Waals surface area contributed by atoms with Crippen molar-refractivity contribution in [3.8, 4) is 0 Å². The molecule has 5 unspecified atom stereocenters. The number of carboxylic acids is 2. The fourth-order valence-electron chi connectivity index (χ4n) is 3.43. The number of unbranched alkanes of at least 4 members (excludes halogenated alkanes) is 2. The van der Waals surface area contributed by atoms with Gasteiger partial charge in [0.1, 0.15) is 18.1 Å². The maximum Gasteiger partial charge on any atom is 0.326 e. The van der Waals surface area contributed by atoms with Crippen molar-refractivity contribution in [1.29, 1.82) is 0 Å². The van der Waals surface area contributed by atoms with E-state index in [2.05, 4.69) is 16.0 Å². The van der Waals surface area contributed by atoms with E-state index >= 15 is 0 Å². The molecule has 0 aromatic rings. The van der Waals surface area contributed by atoms with E-state index in [0.29, 0.717) is 51.6 Å². The minimum Gasteiger partial charge on any atom is -0.481 e. The van der Waals surface area contributed by atoms with Crippen molar-refractivity contribution < 1.29 is 34.2 Å². The second kappa shape index (κ2) is 18.5. The largest absolute Gasteiger partial charge is 0.481 e. The van der Waals surface area contributed by atoms with Crippen molar-refractivity contribution in [2.24, 2.45) is 23.1 Å². The summed E-state index contributed by atoms with van der Waals surface area (Å²) in [7, 11) is 0. The highest BCUT2D eigenvalue weighted by Gasteiger charge is 2.31. The van der Waals surface area contributed by atoms with Gasteiger partial charge in [-0.15, -0.1) is 0 Å². The molecule has 0 aliphatic rings. The third-order valence-electron chi connectivity index (χ3n) is 5.94. The Hall–Kier alpha value is -2.77. The number of nitrogens with two attached hydrogens (primary N) is 3. The lowest BCUT2D eigenvalue weighted by Crippen LogP contribution is -2.57. The third kappa shape index (κ3) is 13.4. The van der Waals surface area contributed by atoms with Gasteiger partial charge in [-0.3, -0.25) is 19.2 Å². The smallest absolute Gasteiger partial charge is 0.326 e. The van der Waals surface area contributed by atoms with Gasteiger partial charge in [-0.25, -0.2) is 4.79 Å². The van der Waals surface area contributed by atoms with Crippen LogP contribution in [0.15, 0.2) is 0 Å². The quantitative estimate of drug-likeness (QED) is 0.0919. The van der Waals surface area contributed by atoms with Gasteiger partial charge in [0.2, 0.25) is 17.7 Å². The van der Waals surface area contributed by atoms with Crippen LogP contribution in [-0.2, 0) is 24.0 Å². The predicted octanol–water partition coefficient (Wildman–Crippen LogP) is -0.978. The van der Waals surface area contributed by atoms with Crippen LogP contribution in [-0.4, -0.2) is 77.1 Å². The molecule has 5 atom stereocenters. The van der Waals surface area contributed by atoms with Crippen LogP contribution in [0.25, 0.3) is 0 Å². The van der Waals surface area contributed by atoms with Crippen LogP contribution < -0.4 is 33.2 Å². The number of aliphatic carboxylic acids is 2. The van der Waals surface area contributed by atoms with Crippen LogP contribution in [0.1, 0.15) is 71.6 Å². The zero-order valence-electron chi connectivity index (χ0n) is 21.3. The maximum atomic E-state index is 13.0. The van der Waals surface area contributed by atoms with Crippen LogP contribution in [0.4, 0.5) is 0 Å². The van der Waals surface area contributed by atoms with Gasteiger partial charge in [0.05, 0.1) is 6.04 Å². The molecule has 0 aliphatic carbocycles. The first-order valence-electron chi connectivity index (χ1n) is 12.5. The topological polar surface area (TPSA) is 240 Å². The number of rotatable bonds is 20. The second-order valence-electron chi connectivity index (χ2n) is 8.94. The molecule has 0 aromatic heterocycles. The summed E-state index contributed by atoms with van der Waals surface area (Å²) in [5, 5.41) is 26.1.